The maximum absolute atomic E-state index is 10.4. The number of hydrogen-bond acceptors (Lipinski definition) is 4. The number of aromatic carboxylic acids is 1. The van der Waals surface area contributed by atoms with Crippen molar-refractivity contribution >= 4 is 5.97 Å². The molecule has 10 heavy (non-hydrogen) atoms. The van der Waals surface area contributed by atoms with Crippen molar-refractivity contribution in [1.29, 1.82) is 0 Å². The number of hydrogen-bond donors (Lipinski definition) is 1. The smallest absolute Gasteiger partial charge is 0.384 e. The van der Waals surface area contributed by atoms with Gasteiger partial charge < -0.3 is 10.3 Å². The van der Waals surface area contributed by atoms with Crippen molar-refractivity contribution in [3.05, 3.63) is 16.6 Å². The molecule has 0 aliphatic rings. The maximum Gasteiger partial charge on any atom is 0.384 e. The molecule has 0 radical (unpaired) electrons. The monoisotopic (exact) mass is 144 g/mol. The largest absolute Gasteiger partial charge is 0.475 e. The Bertz CT molecular complexity index is 247. The predicted molar refractivity (Wildman–Crippen MR) is 27.2 cm³/mol. The molecule has 1 aromatic heterocycles. The lowest BCUT2D eigenvalue weighted by Crippen LogP contribution is -2.31. The third kappa shape index (κ3) is 0.790. The molecule has 1 aromatic rings. The molecule has 0 saturated carbocycles. The molecule has 0 bridgehead atoms. The van der Waals surface area contributed by atoms with Crippen LogP contribution in [0.1, 0.15) is 16.2 Å². The highest BCUT2D eigenvalue weighted by Crippen LogP contribution is 1.96. The molecular formula is C4H4N2O4. The average Bonchev–Trinajstić information content (AvgIpc) is 2.11. The van der Waals surface area contributed by atoms with Crippen LogP contribution in [0, 0.1) is 12.1 Å². The van der Waals surface area contributed by atoms with Crippen LogP contribution in [-0.4, -0.2) is 16.2 Å². The zero-order valence-electron chi connectivity index (χ0n) is 5.07. The molecule has 0 unspecified atom stereocenters. The Labute approximate surface area is 55.2 Å². The van der Waals surface area contributed by atoms with Gasteiger partial charge in [0, 0.05) is 12.1 Å². The molecule has 0 atom stereocenters. The van der Waals surface area contributed by atoms with Gasteiger partial charge >= 0.3 is 11.7 Å². The number of aromatic nitrogens is 2. The molecule has 0 amide bonds. The average molecular weight is 144 g/mol. The van der Waals surface area contributed by atoms with Crippen molar-refractivity contribution in [3.8, 4) is 0 Å². The van der Waals surface area contributed by atoms with E-state index in [1.807, 2.05) is 0 Å². The first-order valence-corrected chi connectivity index (χ1v) is 2.42. The summed E-state index contributed by atoms with van der Waals surface area (Å²) in [4.78, 5) is 10.0. The van der Waals surface area contributed by atoms with E-state index in [-0.39, 0.29) is 10.6 Å². The standard InChI is InChI=1S/C4H4N2O4/c1-2-3(4(7)8)6(9)10-5-2/h1H3,(H,7,8). The van der Waals surface area contributed by atoms with E-state index in [0.717, 1.165) is 0 Å². The number of nitrogens with zero attached hydrogens (tertiary/aromatic N) is 2. The lowest BCUT2D eigenvalue weighted by atomic mass is 10.3. The third-order valence-electron chi connectivity index (χ3n) is 0.980. The summed E-state index contributed by atoms with van der Waals surface area (Å²) in [7, 11) is 0. The predicted octanol–water partition coefficient (Wildman–Crippen LogP) is -0.685. The fourth-order valence-electron chi connectivity index (χ4n) is 0.547. The van der Waals surface area contributed by atoms with E-state index in [4.69, 9.17) is 5.11 Å². The molecule has 1 rings (SSSR count). The van der Waals surface area contributed by atoms with Gasteiger partial charge in [0.2, 0.25) is 5.69 Å². The van der Waals surface area contributed by atoms with Crippen LogP contribution in [0.15, 0.2) is 4.63 Å². The molecule has 0 fully saturated rings. The van der Waals surface area contributed by atoms with Gasteiger partial charge in [0.05, 0.1) is 0 Å². The minimum absolute atomic E-state index is 0.0718. The Hall–Kier alpha value is -1.59. The summed E-state index contributed by atoms with van der Waals surface area (Å²) in [5.41, 5.74) is -0.400. The Morgan fingerprint density at radius 3 is 2.70 bits per heavy atom. The minimum atomic E-state index is -1.34. The molecule has 6 heteroatoms. The van der Waals surface area contributed by atoms with E-state index < -0.39 is 11.7 Å². The van der Waals surface area contributed by atoms with E-state index >= 15 is 0 Å². The van der Waals surface area contributed by atoms with Gasteiger partial charge in [-0.1, -0.05) is 0 Å². The second-order valence-corrected chi connectivity index (χ2v) is 1.67. The van der Waals surface area contributed by atoms with Crippen molar-refractivity contribution in [2.24, 2.45) is 0 Å². The topological polar surface area (TPSA) is 90.3 Å². The van der Waals surface area contributed by atoms with E-state index in [1.54, 1.807) is 0 Å². The molecule has 54 valence electrons. The molecule has 0 aliphatic carbocycles. The lowest BCUT2D eigenvalue weighted by Gasteiger charge is -1.85. The van der Waals surface area contributed by atoms with Gasteiger partial charge in [-0.05, 0) is 4.90 Å². The van der Waals surface area contributed by atoms with E-state index in [1.165, 1.54) is 6.92 Å². The van der Waals surface area contributed by atoms with Crippen LogP contribution in [0.2, 0.25) is 0 Å². The third-order valence-corrected chi connectivity index (χ3v) is 0.980. The quantitative estimate of drug-likeness (QED) is 0.527. The SMILES string of the molecule is Cc1no[n+]([O-])c1C(=O)O. The van der Waals surface area contributed by atoms with Crippen LogP contribution >= 0.6 is 0 Å². The molecule has 0 aliphatic heterocycles. The summed E-state index contributed by atoms with van der Waals surface area (Å²) in [5, 5.41) is 21.8. The molecule has 1 heterocycles. The van der Waals surface area contributed by atoms with Gasteiger partial charge in [0.1, 0.15) is 0 Å². The summed E-state index contributed by atoms with van der Waals surface area (Å²) < 4.78 is 3.99. The highest BCUT2D eigenvalue weighted by molar-refractivity contribution is 5.84. The van der Waals surface area contributed by atoms with Crippen LogP contribution < -0.4 is 4.90 Å². The minimum Gasteiger partial charge on any atom is -0.475 e. The van der Waals surface area contributed by atoms with Crippen molar-refractivity contribution < 1.29 is 19.4 Å². The van der Waals surface area contributed by atoms with E-state index in [2.05, 4.69) is 9.79 Å². The Balaban J connectivity index is 3.23. The Morgan fingerprint density at radius 1 is 1.90 bits per heavy atom. The van der Waals surface area contributed by atoms with Crippen molar-refractivity contribution in [3.63, 3.8) is 0 Å². The summed E-state index contributed by atoms with van der Waals surface area (Å²) in [6.45, 7) is 1.38. The van der Waals surface area contributed by atoms with Gasteiger partial charge in [-0.15, -0.1) is 0 Å². The highest BCUT2D eigenvalue weighted by atomic mass is 16.8. The number of rotatable bonds is 1. The lowest BCUT2D eigenvalue weighted by molar-refractivity contribution is -0.804. The fourth-order valence-corrected chi connectivity index (χ4v) is 0.547. The van der Waals surface area contributed by atoms with Gasteiger partial charge in [0.25, 0.3) is 0 Å². The first kappa shape index (κ1) is 6.53. The zero-order chi connectivity index (χ0) is 7.72. The normalized spacial score (nSPS) is 9.70. The fraction of sp³-hybridized carbons (Fsp3) is 0.250. The Kier molecular flexibility index (Phi) is 1.29. The number of carboxylic acids is 1. The second-order valence-electron chi connectivity index (χ2n) is 1.67. The van der Waals surface area contributed by atoms with Gasteiger partial charge in [0.15, 0.2) is 0 Å². The molecule has 0 spiro atoms. The van der Waals surface area contributed by atoms with E-state index in [9.17, 15) is 10.0 Å². The second kappa shape index (κ2) is 1.98. The molecule has 1 N–H and O–H groups in total. The van der Waals surface area contributed by atoms with Crippen LogP contribution in [-0.2, 0) is 0 Å². The summed E-state index contributed by atoms with van der Waals surface area (Å²) in [6.07, 6.45) is 0. The van der Waals surface area contributed by atoms with Crippen molar-refractivity contribution in [2.75, 3.05) is 0 Å². The van der Waals surface area contributed by atoms with Gasteiger partial charge in [-0.25, -0.2) is 4.79 Å². The number of carboxylic acid groups (broad SMARTS) is 1. The maximum atomic E-state index is 10.4. The van der Waals surface area contributed by atoms with Crippen LogP contribution in [0.4, 0.5) is 0 Å². The van der Waals surface area contributed by atoms with Crippen LogP contribution in [0.3, 0.4) is 0 Å². The molecule has 0 saturated heterocycles. The molecule has 6 nitrogen and oxygen atoms in total. The summed E-state index contributed by atoms with van der Waals surface area (Å²) >= 11 is 0. The molecule has 0 aromatic carbocycles. The Morgan fingerprint density at radius 2 is 2.50 bits per heavy atom. The van der Waals surface area contributed by atoms with Crippen LogP contribution in [0.25, 0.3) is 0 Å². The van der Waals surface area contributed by atoms with Gasteiger partial charge in [-0.3, -0.25) is 4.63 Å². The van der Waals surface area contributed by atoms with Crippen molar-refractivity contribution in [2.45, 2.75) is 6.92 Å². The summed E-state index contributed by atoms with van der Waals surface area (Å²) in [6, 6.07) is 0. The van der Waals surface area contributed by atoms with E-state index in [0.29, 0.717) is 0 Å². The van der Waals surface area contributed by atoms with Crippen molar-refractivity contribution in [1.82, 2.24) is 5.16 Å². The molecular weight excluding hydrogens is 140 g/mol. The number of carbonyl (C=O) groups is 1. The first-order valence-electron chi connectivity index (χ1n) is 2.42. The number of aryl methyl sites for hydroxylation is 1. The first-order chi connectivity index (χ1) is 4.63. The zero-order valence-corrected chi connectivity index (χ0v) is 5.07. The summed E-state index contributed by atoms with van der Waals surface area (Å²) in [5.74, 6) is -1.34. The highest BCUT2D eigenvalue weighted by Gasteiger charge is 2.21. The van der Waals surface area contributed by atoms with Crippen LogP contribution in [0.5, 0.6) is 0 Å². The van der Waals surface area contributed by atoms with Gasteiger partial charge in [-0.2, -0.15) is 0 Å².